The lowest BCUT2D eigenvalue weighted by Gasteiger charge is -2.43. The number of aliphatic imine (C=N–C) groups is 1. The van der Waals surface area contributed by atoms with E-state index in [1.807, 2.05) is 24.3 Å². The van der Waals surface area contributed by atoms with Crippen LogP contribution in [0.1, 0.15) is 22.3 Å². The molecule has 0 unspecified atom stereocenters. The van der Waals surface area contributed by atoms with Gasteiger partial charge in [0.05, 0.1) is 6.54 Å². The topological polar surface area (TPSA) is 35.8 Å². The van der Waals surface area contributed by atoms with Crippen molar-refractivity contribution in [3.63, 3.8) is 0 Å². The maximum absolute atomic E-state index is 11.4. The second-order valence-electron chi connectivity index (χ2n) is 5.87. The zero-order valence-corrected chi connectivity index (χ0v) is 12.1. The summed E-state index contributed by atoms with van der Waals surface area (Å²) in [5.41, 5.74) is 3.48. The first-order valence-corrected chi connectivity index (χ1v) is 7.38. The van der Waals surface area contributed by atoms with Crippen LogP contribution in [0.4, 0.5) is 0 Å². The monoisotopic (exact) mass is 278 g/mol. The molecule has 21 heavy (non-hydrogen) atoms. The highest BCUT2D eigenvalue weighted by Gasteiger charge is 2.44. The Morgan fingerprint density at radius 1 is 1.10 bits per heavy atom. The first-order valence-electron chi connectivity index (χ1n) is 7.38. The Morgan fingerprint density at radius 2 is 1.86 bits per heavy atom. The van der Waals surface area contributed by atoms with Gasteiger partial charge in [0.2, 0.25) is 0 Å². The molecule has 1 N–H and O–H groups in total. The fraction of sp³-hybridized carbons (Fsp3) is 0.278. The van der Waals surface area contributed by atoms with E-state index in [-0.39, 0.29) is 0 Å². The predicted molar refractivity (Wildman–Crippen MR) is 83.3 cm³/mol. The van der Waals surface area contributed by atoms with Crippen LogP contribution in [0.3, 0.4) is 0 Å². The van der Waals surface area contributed by atoms with Gasteiger partial charge in [-0.2, -0.15) is 0 Å². The molecule has 2 heterocycles. The Hall–Kier alpha value is -2.13. The third-order valence-corrected chi connectivity index (χ3v) is 4.50. The molecular formula is C18H18N2O. The number of aryl methyl sites for hydroxylation is 1. The maximum Gasteiger partial charge on any atom is 0.169 e. The van der Waals surface area contributed by atoms with Gasteiger partial charge in [-0.05, 0) is 12.5 Å². The summed E-state index contributed by atoms with van der Waals surface area (Å²) in [6, 6.07) is 16.4. The van der Waals surface area contributed by atoms with Crippen LogP contribution in [-0.4, -0.2) is 28.9 Å². The average molecular weight is 278 g/mol. The molecule has 0 aliphatic carbocycles. The fourth-order valence-corrected chi connectivity index (χ4v) is 3.37. The molecule has 4 rings (SSSR count). The number of aliphatic hydroxyl groups is 1. The molecule has 0 spiro atoms. The highest BCUT2D eigenvalue weighted by molar-refractivity contribution is 6.02. The Balaban J connectivity index is 1.87. The van der Waals surface area contributed by atoms with Crippen molar-refractivity contribution in [1.82, 2.24) is 4.90 Å². The van der Waals surface area contributed by atoms with Crippen molar-refractivity contribution in [3.05, 3.63) is 70.8 Å². The summed E-state index contributed by atoms with van der Waals surface area (Å²) in [7, 11) is 0. The minimum absolute atomic E-state index is 0.602. The van der Waals surface area contributed by atoms with Gasteiger partial charge in [0.15, 0.2) is 5.72 Å². The predicted octanol–water partition coefficient (Wildman–Crippen LogP) is 2.46. The van der Waals surface area contributed by atoms with Gasteiger partial charge in [-0.3, -0.25) is 4.99 Å². The van der Waals surface area contributed by atoms with Crippen molar-refractivity contribution in [1.29, 1.82) is 0 Å². The molecule has 2 aliphatic rings. The van der Waals surface area contributed by atoms with Crippen molar-refractivity contribution in [2.45, 2.75) is 19.1 Å². The zero-order chi connectivity index (χ0) is 14.4. The van der Waals surface area contributed by atoms with Gasteiger partial charge in [0.1, 0.15) is 5.84 Å². The van der Waals surface area contributed by atoms with Crippen molar-refractivity contribution in [2.75, 3.05) is 13.1 Å². The molecule has 0 amide bonds. The molecule has 0 saturated heterocycles. The fourth-order valence-electron chi connectivity index (χ4n) is 3.37. The van der Waals surface area contributed by atoms with Crippen molar-refractivity contribution < 1.29 is 5.11 Å². The minimum atomic E-state index is -0.989. The van der Waals surface area contributed by atoms with Gasteiger partial charge in [-0.15, -0.1) is 0 Å². The van der Waals surface area contributed by atoms with Gasteiger partial charge in [0, 0.05) is 24.1 Å². The van der Waals surface area contributed by atoms with Crippen LogP contribution in [0, 0.1) is 6.92 Å². The van der Waals surface area contributed by atoms with Crippen LogP contribution in [0.2, 0.25) is 0 Å². The normalized spacial score (nSPS) is 23.5. The molecule has 0 radical (unpaired) electrons. The number of benzene rings is 2. The largest absolute Gasteiger partial charge is 0.366 e. The quantitative estimate of drug-likeness (QED) is 0.870. The van der Waals surface area contributed by atoms with Crippen LogP contribution in [0.5, 0.6) is 0 Å². The van der Waals surface area contributed by atoms with Gasteiger partial charge < -0.3 is 10.0 Å². The summed E-state index contributed by atoms with van der Waals surface area (Å²) >= 11 is 0. The molecule has 0 saturated carbocycles. The summed E-state index contributed by atoms with van der Waals surface area (Å²) in [4.78, 5) is 6.68. The number of amidine groups is 1. The molecule has 1 atom stereocenters. The average Bonchev–Trinajstić information content (AvgIpc) is 2.99. The van der Waals surface area contributed by atoms with Gasteiger partial charge in [-0.1, -0.05) is 54.1 Å². The summed E-state index contributed by atoms with van der Waals surface area (Å²) in [6.07, 6.45) is 0.602. The number of fused-ring (bicyclic) bond motifs is 3. The first-order chi connectivity index (χ1) is 10.2. The van der Waals surface area contributed by atoms with Gasteiger partial charge in [0.25, 0.3) is 0 Å². The highest BCUT2D eigenvalue weighted by Crippen LogP contribution is 2.38. The standard InChI is InChI=1S/C18H18N2O/c1-13-6-8-15(9-7-13)18(21)12-14-4-2-3-5-16(14)17-19-10-11-20(17)18/h2-9,21H,10-12H2,1H3/t18-/m1/s1. The number of nitrogens with zero attached hydrogens (tertiary/aromatic N) is 2. The molecule has 3 nitrogen and oxygen atoms in total. The van der Waals surface area contributed by atoms with E-state index in [0.717, 1.165) is 35.6 Å². The second kappa shape index (κ2) is 4.43. The van der Waals surface area contributed by atoms with Crippen molar-refractivity contribution in [2.24, 2.45) is 4.99 Å². The van der Waals surface area contributed by atoms with Gasteiger partial charge in [-0.25, -0.2) is 0 Å². The molecule has 0 fully saturated rings. The van der Waals surface area contributed by atoms with E-state index in [4.69, 9.17) is 0 Å². The summed E-state index contributed by atoms with van der Waals surface area (Å²) < 4.78 is 0. The molecule has 2 aliphatic heterocycles. The Kier molecular flexibility index (Phi) is 2.66. The SMILES string of the molecule is Cc1ccc([C@]2(O)Cc3ccccc3C3=NCCN32)cc1. The van der Waals surface area contributed by atoms with Crippen LogP contribution >= 0.6 is 0 Å². The smallest absolute Gasteiger partial charge is 0.169 e. The minimum Gasteiger partial charge on any atom is -0.366 e. The van der Waals surface area contributed by atoms with E-state index >= 15 is 0 Å². The molecule has 0 bridgehead atoms. The van der Waals surface area contributed by atoms with Gasteiger partial charge >= 0.3 is 0 Å². The molecule has 0 aromatic heterocycles. The van der Waals surface area contributed by atoms with E-state index in [1.54, 1.807) is 0 Å². The number of hydrogen-bond donors (Lipinski definition) is 1. The Morgan fingerprint density at radius 3 is 2.67 bits per heavy atom. The number of hydrogen-bond acceptors (Lipinski definition) is 3. The lowest BCUT2D eigenvalue weighted by Crippen LogP contribution is -2.53. The Labute approximate surface area is 124 Å². The molecular weight excluding hydrogens is 260 g/mol. The van der Waals surface area contributed by atoms with E-state index in [1.165, 1.54) is 5.56 Å². The lowest BCUT2D eigenvalue weighted by atomic mass is 9.86. The second-order valence-corrected chi connectivity index (χ2v) is 5.87. The van der Waals surface area contributed by atoms with Crippen LogP contribution in [0.15, 0.2) is 53.5 Å². The molecule has 106 valence electrons. The number of rotatable bonds is 1. The summed E-state index contributed by atoms with van der Waals surface area (Å²) in [5.74, 6) is 0.930. The van der Waals surface area contributed by atoms with E-state index in [9.17, 15) is 5.11 Å². The van der Waals surface area contributed by atoms with Crippen molar-refractivity contribution in [3.8, 4) is 0 Å². The van der Waals surface area contributed by atoms with Crippen LogP contribution in [-0.2, 0) is 12.1 Å². The zero-order valence-electron chi connectivity index (χ0n) is 12.1. The molecule has 2 aromatic carbocycles. The Bertz CT molecular complexity index is 720. The van der Waals surface area contributed by atoms with Crippen LogP contribution in [0.25, 0.3) is 0 Å². The maximum atomic E-state index is 11.4. The van der Waals surface area contributed by atoms with E-state index in [2.05, 4.69) is 41.1 Å². The van der Waals surface area contributed by atoms with Crippen molar-refractivity contribution >= 4 is 5.84 Å². The molecule has 2 aromatic rings. The van der Waals surface area contributed by atoms with Crippen LogP contribution < -0.4 is 0 Å². The lowest BCUT2D eigenvalue weighted by molar-refractivity contribution is -0.0745. The third-order valence-electron chi connectivity index (χ3n) is 4.50. The van der Waals surface area contributed by atoms with E-state index in [0.29, 0.717) is 6.42 Å². The first kappa shape index (κ1) is 12.6. The summed E-state index contributed by atoms with van der Waals surface area (Å²) in [6.45, 7) is 3.58. The summed E-state index contributed by atoms with van der Waals surface area (Å²) in [5, 5.41) is 11.4. The molecule has 3 heteroatoms. The highest BCUT2D eigenvalue weighted by atomic mass is 16.3. The third kappa shape index (κ3) is 1.81. The van der Waals surface area contributed by atoms with E-state index < -0.39 is 5.72 Å².